The first-order valence-electron chi connectivity index (χ1n) is 6.61. The molecule has 5 nitrogen and oxygen atoms in total. The monoisotopic (exact) mass is 302 g/mol. The zero-order chi connectivity index (χ0) is 15.6. The van der Waals surface area contributed by atoms with E-state index in [1.54, 1.807) is 4.90 Å². The number of hydrogen-bond acceptors (Lipinski definition) is 4. The molecule has 0 spiro atoms. The Bertz CT molecular complexity index is 533. The van der Waals surface area contributed by atoms with Crippen LogP contribution in [0.3, 0.4) is 0 Å². The molecule has 1 aliphatic heterocycles. The Morgan fingerprint density at radius 2 is 2.19 bits per heavy atom. The summed E-state index contributed by atoms with van der Waals surface area (Å²) in [5.74, 6) is 0.000693. The number of aliphatic hydroxyl groups excluding tert-OH is 1. The number of nitrogens with zero attached hydrogens (tertiary/aromatic N) is 2. The number of anilines is 1. The first-order chi connectivity index (χ1) is 9.82. The molecule has 0 aromatic carbocycles. The Labute approximate surface area is 120 Å². The highest BCUT2D eigenvalue weighted by molar-refractivity contribution is 5.99. The number of nitrogens with one attached hydrogen (secondary N) is 1. The lowest BCUT2D eigenvalue weighted by molar-refractivity contribution is -0.141. The highest BCUT2D eigenvalue weighted by Gasteiger charge is 2.34. The maximum absolute atomic E-state index is 12.8. The molecule has 1 fully saturated rings. The van der Waals surface area contributed by atoms with E-state index < -0.39 is 11.9 Å². The van der Waals surface area contributed by atoms with Gasteiger partial charge in [0.2, 0.25) is 0 Å². The van der Waals surface area contributed by atoms with Gasteiger partial charge in [0, 0.05) is 19.7 Å². The number of rotatable bonds is 4. The third kappa shape index (κ3) is 3.44. The Morgan fingerprint density at radius 1 is 1.48 bits per heavy atom. The van der Waals surface area contributed by atoms with Gasteiger partial charge in [-0.1, -0.05) is 0 Å². The fourth-order valence-corrected chi connectivity index (χ4v) is 2.50. The van der Waals surface area contributed by atoms with Gasteiger partial charge in [0.05, 0.1) is 5.56 Å². The normalized spacial score (nSPS) is 19.0. The van der Waals surface area contributed by atoms with Crippen LogP contribution in [0.2, 0.25) is 0 Å². The van der Waals surface area contributed by atoms with E-state index in [9.17, 15) is 13.2 Å². The van der Waals surface area contributed by atoms with Crippen molar-refractivity contribution in [1.29, 1.82) is 5.41 Å². The molecule has 0 saturated carbocycles. The zero-order valence-corrected chi connectivity index (χ0v) is 11.3. The molecule has 8 heteroatoms. The fraction of sp³-hybridized carbons (Fsp3) is 0.538. The highest BCUT2D eigenvalue weighted by atomic mass is 19.4. The molecule has 116 valence electrons. The van der Waals surface area contributed by atoms with Crippen molar-refractivity contribution in [3.63, 3.8) is 0 Å². The smallest absolute Gasteiger partial charge is 0.396 e. The third-order valence-corrected chi connectivity index (χ3v) is 3.58. The second-order valence-corrected chi connectivity index (χ2v) is 5.09. The SMILES string of the molecule is N=C(N)c1ccc(C(F)(F)F)nc1N1CCC(CCO)C1. The van der Waals surface area contributed by atoms with Gasteiger partial charge in [-0.3, -0.25) is 5.41 Å². The quantitative estimate of drug-likeness (QED) is 0.582. The van der Waals surface area contributed by atoms with Crippen molar-refractivity contribution < 1.29 is 18.3 Å². The van der Waals surface area contributed by atoms with Crippen molar-refractivity contribution in [3.05, 3.63) is 23.4 Å². The van der Waals surface area contributed by atoms with Crippen LogP contribution < -0.4 is 10.6 Å². The van der Waals surface area contributed by atoms with E-state index in [1.807, 2.05) is 0 Å². The largest absolute Gasteiger partial charge is 0.433 e. The summed E-state index contributed by atoms with van der Waals surface area (Å²) in [6, 6.07) is 2.02. The van der Waals surface area contributed by atoms with Crippen LogP contribution in [0, 0.1) is 11.3 Å². The summed E-state index contributed by atoms with van der Waals surface area (Å²) in [7, 11) is 0. The van der Waals surface area contributed by atoms with Crippen molar-refractivity contribution in [2.75, 3.05) is 24.6 Å². The summed E-state index contributed by atoms with van der Waals surface area (Å²) in [4.78, 5) is 5.36. The Morgan fingerprint density at radius 3 is 2.76 bits per heavy atom. The van der Waals surface area contributed by atoms with Crippen molar-refractivity contribution in [2.45, 2.75) is 19.0 Å². The highest BCUT2D eigenvalue weighted by Crippen LogP contribution is 2.32. The molecule has 1 unspecified atom stereocenters. The van der Waals surface area contributed by atoms with E-state index in [4.69, 9.17) is 16.2 Å². The van der Waals surface area contributed by atoms with Crippen molar-refractivity contribution in [1.82, 2.24) is 4.98 Å². The Kier molecular flexibility index (Phi) is 4.36. The minimum Gasteiger partial charge on any atom is -0.396 e. The van der Waals surface area contributed by atoms with Gasteiger partial charge in [-0.25, -0.2) is 4.98 Å². The van der Waals surface area contributed by atoms with Crippen LogP contribution in [-0.4, -0.2) is 35.6 Å². The fourth-order valence-electron chi connectivity index (χ4n) is 2.50. The molecule has 1 aliphatic rings. The van der Waals surface area contributed by atoms with Crippen molar-refractivity contribution in [3.8, 4) is 0 Å². The van der Waals surface area contributed by atoms with E-state index in [0.717, 1.165) is 12.5 Å². The van der Waals surface area contributed by atoms with E-state index in [1.165, 1.54) is 6.07 Å². The number of amidine groups is 1. The summed E-state index contributed by atoms with van der Waals surface area (Å²) in [5, 5.41) is 16.4. The van der Waals surface area contributed by atoms with Gasteiger partial charge in [-0.15, -0.1) is 0 Å². The molecule has 0 aliphatic carbocycles. The molecule has 0 radical (unpaired) electrons. The summed E-state index contributed by atoms with van der Waals surface area (Å²) >= 11 is 0. The molecule has 2 heterocycles. The average Bonchev–Trinajstić information content (AvgIpc) is 2.86. The number of pyridine rings is 1. The number of halogens is 3. The molecule has 1 atom stereocenters. The summed E-state index contributed by atoms with van der Waals surface area (Å²) < 4.78 is 38.4. The number of nitrogen functional groups attached to an aromatic ring is 1. The maximum Gasteiger partial charge on any atom is 0.433 e. The number of nitrogens with two attached hydrogens (primary N) is 1. The van der Waals surface area contributed by atoms with Crippen LogP contribution in [0.25, 0.3) is 0 Å². The lowest BCUT2D eigenvalue weighted by Gasteiger charge is -2.21. The average molecular weight is 302 g/mol. The van der Waals surface area contributed by atoms with E-state index >= 15 is 0 Å². The lowest BCUT2D eigenvalue weighted by Crippen LogP contribution is -2.27. The van der Waals surface area contributed by atoms with Crippen LogP contribution in [0.4, 0.5) is 19.0 Å². The molecule has 4 N–H and O–H groups in total. The van der Waals surface area contributed by atoms with Crippen LogP contribution in [0.5, 0.6) is 0 Å². The summed E-state index contributed by atoms with van der Waals surface area (Å²) in [6.45, 7) is 1.10. The minimum absolute atomic E-state index is 0.0497. The zero-order valence-electron chi connectivity index (χ0n) is 11.3. The molecular weight excluding hydrogens is 285 g/mol. The predicted octanol–water partition coefficient (Wildman–Crippen LogP) is 1.59. The lowest BCUT2D eigenvalue weighted by atomic mass is 10.1. The van der Waals surface area contributed by atoms with E-state index in [0.29, 0.717) is 19.5 Å². The third-order valence-electron chi connectivity index (χ3n) is 3.58. The van der Waals surface area contributed by atoms with Gasteiger partial charge in [0.15, 0.2) is 0 Å². The van der Waals surface area contributed by atoms with Gasteiger partial charge in [0.25, 0.3) is 0 Å². The topological polar surface area (TPSA) is 86.2 Å². The van der Waals surface area contributed by atoms with Gasteiger partial charge < -0.3 is 15.7 Å². The molecule has 1 aromatic heterocycles. The maximum atomic E-state index is 12.8. The number of aromatic nitrogens is 1. The van der Waals surface area contributed by atoms with Crippen LogP contribution in [-0.2, 0) is 6.18 Å². The molecule has 21 heavy (non-hydrogen) atoms. The number of aliphatic hydroxyl groups is 1. The minimum atomic E-state index is -4.53. The van der Waals surface area contributed by atoms with Crippen molar-refractivity contribution in [2.24, 2.45) is 11.7 Å². The van der Waals surface area contributed by atoms with Gasteiger partial charge in [-0.05, 0) is 30.9 Å². The molecule has 1 aromatic rings. The Balaban J connectivity index is 2.34. The van der Waals surface area contributed by atoms with E-state index in [2.05, 4.69) is 4.98 Å². The summed E-state index contributed by atoms with van der Waals surface area (Å²) in [5.41, 5.74) is 4.64. The predicted molar refractivity (Wildman–Crippen MR) is 72.3 cm³/mol. The summed E-state index contributed by atoms with van der Waals surface area (Å²) in [6.07, 6.45) is -3.16. The van der Waals surface area contributed by atoms with Gasteiger partial charge in [0.1, 0.15) is 17.3 Å². The second-order valence-electron chi connectivity index (χ2n) is 5.09. The van der Waals surface area contributed by atoms with Crippen LogP contribution in [0.1, 0.15) is 24.1 Å². The van der Waals surface area contributed by atoms with Gasteiger partial charge in [-0.2, -0.15) is 13.2 Å². The molecule has 1 saturated heterocycles. The molecule has 0 bridgehead atoms. The first-order valence-corrected chi connectivity index (χ1v) is 6.61. The van der Waals surface area contributed by atoms with E-state index in [-0.39, 0.29) is 29.7 Å². The number of alkyl halides is 3. The molecule has 2 rings (SSSR count). The van der Waals surface area contributed by atoms with Crippen molar-refractivity contribution >= 4 is 11.7 Å². The Hall–Kier alpha value is -1.83. The van der Waals surface area contributed by atoms with Crippen LogP contribution in [0.15, 0.2) is 12.1 Å². The molecule has 0 amide bonds. The van der Waals surface area contributed by atoms with Gasteiger partial charge >= 0.3 is 6.18 Å². The molecular formula is C13H17F3N4O. The van der Waals surface area contributed by atoms with Crippen LogP contribution >= 0.6 is 0 Å². The first kappa shape index (κ1) is 15.6. The standard InChI is InChI=1S/C13H17F3N4O/c14-13(15,16)10-2-1-9(11(17)18)12(19-10)20-5-3-8(7-20)4-6-21/h1-2,8,21H,3-7H2,(H3,17,18). The second kappa shape index (κ2) is 5.88. The number of hydrogen-bond donors (Lipinski definition) is 3.